The fourth-order valence-corrected chi connectivity index (χ4v) is 2.90. The summed E-state index contributed by atoms with van der Waals surface area (Å²) >= 11 is 0. The summed E-state index contributed by atoms with van der Waals surface area (Å²) in [5.41, 5.74) is 3.33. The molecule has 0 N–H and O–H groups in total. The Morgan fingerprint density at radius 3 is 0.933 bits per heavy atom. The smallest absolute Gasteiger partial charge is 0.127 e. The average Bonchev–Trinajstić information content (AvgIpc) is 2.81. The van der Waals surface area contributed by atoms with E-state index in [9.17, 15) is 0 Å². The molecule has 0 spiro atoms. The molecule has 4 heteroatoms. The first kappa shape index (κ1) is 18.8. The van der Waals surface area contributed by atoms with E-state index in [1.54, 1.807) is 48.5 Å². The standard InChI is InChI=1S/C26H16N2O2/c27-17-19-1-9-23(10-2-19)29-25-13-5-21(6-14-25)22-7-15-26(16-8-22)30-24-11-3-20(18-28)4-12-24/h1-16H. The van der Waals surface area contributed by atoms with Crippen LogP contribution in [0.4, 0.5) is 0 Å². The topological polar surface area (TPSA) is 66.0 Å². The molecule has 0 aromatic heterocycles. The average molecular weight is 388 g/mol. The molecule has 0 bridgehead atoms. The minimum atomic E-state index is 0.601. The van der Waals surface area contributed by atoms with Gasteiger partial charge in [0.25, 0.3) is 0 Å². The van der Waals surface area contributed by atoms with Crippen molar-refractivity contribution in [1.82, 2.24) is 0 Å². The van der Waals surface area contributed by atoms with Gasteiger partial charge in [-0.3, -0.25) is 0 Å². The molecule has 142 valence electrons. The van der Waals surface area contributed by atoms with Gasteiger partial charge in [-0.1, -0.05) is 24.3 Å². The number of nitriles is 2. The van der Waals surface area contributed by atoms with Crippen molar-refractivity contribution in [3.8, 4) is 46.3 Å². The highest BCUT2D eigenvalue weighted by Crippen LogP contribution is 2.28. The first-order valence-corrected chi connectivity index (χ1v) is 9.30. The van der Waals surface area contributed by atoms with Gasteiger partial charge in [0.1, 0.15) is 23.0 Å². The van der Waals surface area contributed by atoms with Gasteiger partial charge in [-0.05, 0) is 83.9 Å². The highest BCUT2D eigenvalue weighted by atomic mass is 16.5. The number of hydrogen-bond donors (Lipinski definition) is 0. The molecule has 30 heavy (non-hydrogen) atoms. The Morgan fingerprint density at radius 2 is 0.667 bits per heavy atom. The molecular formula is C26H16N2O2. The van der Waals surface area contributed by atoms with Gasteiger partial charge in [-0.2, -0.15) is 10.5 Å². The summed E-state index contributed by atoms with van der Waals surface area (Å²) in [6, 6.07) is 33.8. The van der Waals surface area contributed by atoms with Gasteiger partial charge in [0.15, 0.2) is 0 Å². The first-order valence-electron chi connectivity index (χ1n) is 9.30. The molecule has 4 nitrogen and oxygen atoms in total. The van der Waals surface area contributed by atoms with E-state index in [-0.39, 0.29) is 0 Å². The van der Waals surface area contributed by atoms with E-state index < -0.39 is 0 Å². The Balaban J connectivity index is 1.42. The van der Waals surface area contributed by atoms with E-state index in [0.717, 1.165) is 22.6 Å². The van der Waals surface area contributed by atoms with E-state index in [1.165, 1.54) is 0 Å². The molecule has 0 aliphatic heterocycles. The van der Waals surface area contributed by atoms with E-state index in [0.29, 0.717) is 22.6 Å². The number of hydrogen-bond acceptors (Lipinski definition) is 4. The monoisotopic (exact) mass is 388 g/mol. The summed E-state index contributed by atoms with van der Waals surface area (Å²) in [4.78, 5) is 0. The second kappa shape index (κ2) is 8.65. The van der Waals surface area contributed by atoms with Gasteiger partial charge < -0.3 is 9.47 Å². The maximum Gasteiger partial charge on any atom is 0.127 e. The lowest BCUT2D eigenvalue weighted by molar-refractivity contribution is 0.482. The Bertz CT molecular complexity index is 1110. The zero-order valence-corrected chi connectivity index (χ0v) is 15.9. The van der Waals surface area contributed by atoms with Crippen LogP contribution in [0.5, 0.6) is 23.0 Å². The van der Waals surface area contributed by atoms with Crippen molar-refractivity contribution < 1.29 is 9.47 Å². The van der Waals surface area contributed by atoms with E-state index in [4.69, 9.17) is 20.0 Å². The van der Waals surface area contributed by atoms with Gasteiger partial charge in [-0.15, -0.1) is 0 Å². The lowest BCUT2D eigenvalue weighted by Gasteiger charge is -2.09. The van der Waals surface area contributed by atoms with Gasteiger partial charge >= 0.3 is 0 Å². The van der Waals surface area contributed by atoms with Crippen molar-refractivity contribution in [1.29, 1.82) is 10.5 Å². The largest absolute Gasteiger partial charge is 0.457 e. The zero-order valence-electron chi connectivity index (χ0n) is 15.9. The van der Waals surface area contributed by atoms with Crippen LogP contribution in [0.1, 0.15) is 11.1 Å². The van der Waals surface area contributed by atoms with Crippen LogP contribution in [-0.2, 0) is 0 Å². The molecule has 0 aliphatic carbocycles. The maximum atomic E-state index is 8.86. The predicted octanol–water partition coefficient (Wildman–Crippen LogP) is 6.68. The predicted molar refractivity (Wildman–Crippen MR) is 114 cm³/mol. The lowest BCUT2D eigenvalue weighted by Crippen LogP contribution is -1.86. The van der Waals surface area contributed by atoms with Crippen molar-refractivity contribution in [2.24, 2.45) is 0 Å². The van der Waals surface area contributed by atoms with Crippen LogP contribution < -0.4 is 9.47 Å². The van der Waals surface area contributed by atoms with Crippen molar-refractivity contribution in [2.75, 3.05) is 0 Å². The van der Waals surface area contributed by atoms with Crippen LogP contribution >= 0.6 is 0 Å². The third-order valence-electron chi connectivity index (χ3n) is 4.48. The second-order valence-corrected chi connectivity index (χ2v) is 6.53. The summed E-state index contributed by atoms with van der Waals surface area (Å²) in [7, 11) is 0. The Labute approximate surface area is 174 Å². The molecule has 0 saturated carbocycles. The summed E-state index contributed by atoms with van der Waals surface area (Å²) in [6.07, 6.45) is 0. The van der Waals surface area contributed by atoms with Crippen LogP contribution in [-0.4, -0.2) is 0 Å². The van der Waals surface area contributed by atoms with E-state index in [2.05, 4.69) is 12.1 Å². The molecule has 4 aromatic rings. The molecule has 0 unspecified atom stereocenters. The highest BCUT2D eigenvalue weighted by molar-refractivity contribution is 5.65. The van der Waals surface area contributed by atoms with Crippen LogP contribution in [0, 0.1) is 22.7 Å². The van der Waals surface area contributed by atoms with Gasteiger partial charge in [0.2, 0.25) is 0 Å². The maximum absolute atomic E-state index is 8.86. The second-order valence-electron chi connectivity index (χ2n) is 6.53. The first-order chi connectivity index (χ1) is 14.7. The minimum absolute atomic E-state index is 0.601. The summed E-state index contributed by atoms with van der Waals surface area (Å²) < 4.78 is 11.6. The fourth-order valence-electron chi connectivity index (χ4n) is 2.90. The van der Waals surface area contributed by atoms with Crippen LogP contribution in [0.3, 0.4) is 0 Å². The number of nitrogens with zero attached hydrogens (tertiary/aromatic N) is 2. The van der Waals surface area contributed by atoms with Crippen LogP contribution in [0.25, 0.3) is 11.1 Å². The summed E-state index contributed by atoms with van der Waals surface area (Å²) in [5.74, 6) is 2.82. The molecule has 0 radical (unpaired) electrons. The molecule has 0 aliphatic rings. The summed E-state index contributed by atoms with van der Waals surface area (Å²) in [5, 5.41) is 17.7. The molecule has 0 atom stereocenters. The zero-order chi connectivity index (χ0) is 20.8. The van der Waals surface area contributed by atoms with Gasteiger partial charge in [-0.25, -0.2) is 0 Å². The van der Waals surface area contributed by atoms with Crippen molar-refractivity contribution in [3.05, 3.63) is 108 Å². The van der Waals surface area contributed by atoms with E-state index in [1.807, 2.05) is 48.5 Å². The summed E-state index contributed by atoms with van der Waals surface area (Å²) in [6.45, 7) is 0. The van der Waals surface area contributed by atoms with Crippen LogP contribution in [0.15, 0.2) is 97.1 Å². The molecule has 4 rings (SSSR count). The van der Waals surface area contributed by atoms with Gasteiger partial charge in [0.05, 0.1) is 23.3 Å². The van der Waals surface area contributed by atoms with Crippen molar-refractivity contribution in [3.63, 3.8) is 0 Å². The highest BCUT2D eigenvalue weighted by Gasteiger charge is 2.03. The third-order valence-corrected chi connectivity index (χ3v) is 4.48. The normalized spacial score (nSPS) is 9.93. The third kappa shape index (κ3) is 4.47. The molecule has 4 aromatic carbocycles. The molecular weight excluding hydrogens is 372 g/mol. The fraction of sp³-hybridized carbons (Fsp3) is 0. The Morgan fingerprint density at radius 1 is 0.400 bits per heavy atom. The van der Waals surface area contributed by atoms with Gasteiger partial charge in [0, 0.05) is 0 Å². The minimum Gasteiger partial charge on any atom is -0.457 e. The SMILES string of the molecule is N#Cc1ccc(Oc2ccc(-c3ccc(Oc4ccc(C#N)cc4)cc3)cc2)cc1. The molecule has 0 heterocycles. The molecule has 0 fully saturated rings. The lowest BCUT2D eigenvalue weighted by atomic mass is 10.1. The quantitative estimate of drug-likeness (QED) is 0.382. The van der Waals surface area contributed by atoms with E-state index >= 15 is 0 Å². The number of rotatable bonds is 5. The molecule has 0 amide bonds. The van der Waals surface area contributed by atoms with Crippen molar-refractivity contribution >= 4 is 0 Å². The molecule has 0 saturated heterocycles. The number of benzene rings is 4. The Hall–Kier alpha value is -4.54. The number of ether oxygens (including phenoxy) is 2. The Kier molecular flexibility index (Phi) is 5.42. The van der Waals surface area contributed by atoms with Crippen LogP contribution in [0.2, 0.25) is 0 Å². The van der Waals surface area contributed by atoms with Crippen molar-refractivity contribution in [2.45, 2.75) is 0 Å².